The number of benzene rings is 1. The number of hydrogen-bond acceptors (Lipinski definition) is 2. The molecule has 0 unspecified atom stereocenters. The van der Waals surface area contributed by atoms with Crippen molar-refractivity contribution in [1.82, 2.24) is 0 Å². The smallest absolute Gasteiger partial charge is 0.226 e. The summed E-state index contributed by atoms with van der Waals surface area (Å²) in [6.45, 7) is 12.2. The van der Waals surface area contributed by atoms with Gasteiger partial charge in [0.1, 0.15) is 0 Å². The van der Waals surface area contributed by atoms with Crippen molar-refractivity contribution >= 4 is 11.6 Å². The van der Waals surface area contributed by atoms with Gasteiger partial charge in [0.2, 0.25) is 5.91 Å². The Balaban J connectivity index is 2.84. The van der Waals surface area contributed by atoms with E-state index < -0.39 is 5.54 Å². The minimum atomic E-state index is -0.483. The van der Waals surface area contributed by atoms with Crippen molar-refractivity contribution in [2.75, 3.05) is 5.32 Å². The topological polar surface area (TPSA) is 55.1 Å². The number of carbonyl (C=O) groups is 1. The average molecular weight is 262 g/mol. The zero-order valence-corrected chi connectivity index (χ0v) is 12.9. The molecule has 1 amide bonds. The molecule has 106 valence electrons. The van der Waals surface area contributed by atoms with Crippen LogP contribution in [0.3, 0.4) is 0 Å². The van der Waals surface area contributed by atoms with Gasteiger partial charge in [-0.05, 0) is 43.4 Å². The summed E-state index contributed by atoms with van der Waals surface area (Å²) in [5, 5.41) is 2.93. The maximum atomic E-state index is 11.9. The quantitative estimate of drug-likeness (QED) is 0.877. The third-order valence-electron chi connectivity index (χ3n) is 2.98. The third-order valence-corrected chi connectivity index (χ3v) is 2.98. The number of amides is 1. The van der Waals surface area contributed by atoms with Gasteiger partial charge in [0.05, 0.1) is 0 Å². The van der Waals surface area contributed by atoms with Crippen molar-refractivity contribution in [2.45, 2.75) is 58.9 Å². The molecule has 0 aromatic heterocycles. The van der Waals surface area contributed by atoms with Gasteiger partial charge in [0.15, 0.2) is 0 Å². The first kappa shape index (κ1) is 15.7. The highest BCUT2D eigenvalue weighted by atomic mass is 16.1. The fourth-order valence-electron chi connectivity index (χ4n) is 1.88. The number of nitrogens with one attached hydrogen (secondary N) is 1. The predicted octanol–water partition coefficient (Wildman–Crippen LogP) is 3.36. The lowest BCUT2D eigenvalue weighted by atomic mass is 9.86. The Morgan fingerprint density at radius 2 is 1.79 bits per heavy atom. The van der Waals surface area contributed by atoms with Crippen LogP contribution >= 0.6 is 0 Å². The van der Waals surface area contributed by atoms with Crippen LogP contribution in [0.15, 0.2) is 18.2 Å². The molecule has 1 aromatic carbocycles. The van der Waals surface area contributed by atoms with Gasteiger partial charge >= 0.3 is 0 Å². The molecular weight excluding hydrogens is 236 g/mol. The minimum Gasteiger partial charge on any atom is -0.326 e. The predicted molar refractivity (Wildman–Crippen MR) is 81.4 cm³/mol. The van der Waals surface area contributed by atoms with E-state index in [0.717, 1.165) is 11.3 Å². The molecule has 0 aliphatic heterocycles. The Bertz CT molecular complexity index is 465. The fraction of sp³-hybridized carbons (Fsp3) is 0.562. The Kier molecular flexibility index (Phi) is 4.41. The largest absolute Gasteiger partial charge is 0.326 e. The van der Waals surface area contributed by atoms with Crippen LogP contribution in [0.25, 0.3) is 0 Å². The minimum absolute atomic E-state index is 0.0425. The summed E-state index contributed by atoms with van der Waals surface area (Å²) in [6.07, 6.45) is 0.313. The van der Waals surface area contributed by atoms with E-state index in [1.807, 2.05) is 26.8 Å². The number of carbonyl (C=O) groups excluding carboxylic acids is 1. The Morgan fingerprint density at radius 1 is 1.21 bits per heavy atom. The summed E-state index contributed by atoms with van der Waals surface area (Å²) in [6, 6.07) is 6.16. The first-order chi connectivity index (χ1) is 8.49. The number of aryl methyl sites for hydroxylation is 1. The van der Waals surface area contributed by atoms with E-state index in [1.54, 1.807) is 0 Å². The number of hydrogen-bond donors (Lipinski definition) is 2. The number of rotatable bonds is 3. The van der Waals surface area contributed by atoms with Crippen molar-refractivity contribution in [1.29, 1.82) is 0 Å². The molecule has 0 saturated heterocycles. The molecule has 1 aromatic rings. The van der Waals surface area contributed by atoms with E-state index in [0.29, 0.717) is 6.42 Å². The maximum Gasteiger partial charge on any atom is 0.226 e. The van der Waals surface area contributed by atoms with Gasteiger partial charge in [-0.3, -0.25) is 4.79 Å². The first-order valence-electron chi connectivity index (χ1n) is 6.69. The van der Waals surface area contributed by atoms with Gasteiger partial charge < -0.3 is 11.1 Å². The fourth-order valence-corrected chi connectivity index (χ4v) is 1.88. The standard InChI is InChI=1S/C16H26N2O/c1-11-9-12(15(2,3)4)7-8-13(11)18-14(19)10-16(5,6)17/h7-9H,10,17H2,1-6H3,(H,18,19). The van der Waals surface area contributed by atoms with E-state index in [4.69, 9.17) is 5.73 Å². The van der Waals surface area contributed by atoms with Crippen LogP contribution in [0.5, 0.6) is 0 Å². The van der Waals surface area contributed by atoms with Crippen LogP contribution in [-0.2, 0) is 10.2 Å². The van der Waals surface area contributed by atoms with Crippen molar-refractivity contribution < 1.29 is 4.79 Å². The lowest BCUT2D eigenvalue weighted by molar-refractivity contribution is -0.117. The van der Waals surface area contributed by atoms with E-state index >= 15 is 0 Å². The van der Waals surface area contributed by atoms with Gasteiger partial charge in [0.25, 0.3) is 0 Å². The molecule has 1 rings (SSSR count). The number of nitrogens with two attached hydrogens (primary N) is 1. The van der Waals surface area contributed by atoms with Gasteiger partial charge in [-0.15, -0.1) is 0 Å². The molecule has 0 saturated carbocycles. The van der Waals surface area contributed by atoms with Crippen LogP contribution in [0.2, 0.25) is 0 Å². The lowest BCUT2D eigenvalue weighted by Crippen LogP contribution is -2.36. The lowest BCUT2D eigenvalue weighted by Gasteiger charge is -2.21. The highest BCUT2D eigenvalue weighted by Crippen LogP contribution is 2.26. The van der Waals surface area contributed by atoms with Gasteiger partial charge in [-0.25, -0.2) is 0 Å². The SMILES string of the molecule is Cc1cc(C(C)(C)C)ccc1NC(=O)CC(C)(C)N. The van der Waals surface area contributed by atoms with Crippen LogP contribution in [0, 0.1) is 6.92 Å². The Labute approximate surface area is 116 Å². The van der Waals surface area contributed by atoms with E-state index in [-0.39, 0.29) is 11.3 Å². The second kappa shape index (κ2) is 5.33. The molecule has 0 atom stereocenters. The summed E-state index contributed by atoms with van der Waals surface area (Å²) in [4.78, 5) is 11.9. The molecule has 0 radical (unpaired) electrons. The Morgan fingerprint density at radius 3 is 2.21 bits per heavy atom. The average Bonchev–Trinajstić information content (AvgIpc) is 2.16. The normalized spacial score (nSPS) is 12.4. The van der Waals surface area contributed by atoms with Gasteiger partial charge in [0, 0.05) is 17.6 Å². The van der Waals surface area contributed by atoms with Crippen LogP contribution in [0.4, 0.5) is 5.69 Å². The summed E-state index contributed by atoms with van der Waals surface area (Å²) in [7, 11) is 0. The highest BCUT2D eigenvalue weighted by molar-refractivity contribution is 5.92. The monoisotopic (exact) mass is 262 g/mol. The molecule has 0 bridgehead atoms. The van der Waals surface area contributed by atoms with Crippen molar-refractivity contribution in [2.24, 2.45) is 5.73 Å². The molecule has 0 spiro atoms. The van der Waals surface area contributed by atoms with Crippen LogP contribution < -0.4 is 11.1 Å². The van der Waals surface area contributed by atoms with Crippen molar-refractivity contribution in [3.05, 3.63) is 29.3 Å². The van der Waals surface area contributed by atoms with Crippen molar-refractivity contribution in [3.8, 4) is 0 Å². The number of anilines is 1. The molecule has 0 heterocycles. The van der Waals surface area contributed by atoms with Crippen LogP contribution in [-0.4, -0.2) is 11.4 Å². The summed E-state index contributed by atoms with van der Waals surface area (Å²) >= 11 is 0. The zero-order chi connectivity index (χ0) is 14.8. The molecule has 0 fully saturated rings. The van der Waals surface area contributed by atoms with E-state index in [2.05, 4.69) is 38.2 Å². The molecule has 3 nitrogen and oxygen atoms in total. The molecule has 0 aliphatic carbocycles. The van der Waals surface area contributed by atoms with Gasteiger partial charge in [-0.1, -0.05) is 32.9 Å². The van der Waals surface area contributed by atoms with E-state index in [1.165, 1.54) is 5.56 Å². The molecule has 0 aliphatic rings. The molecule has 19 heavy (non-hydrogen) atoms. The second-order valence-corrected chi connectivity index (χ2v) is 6.99. The molecular formula is C16H26N2O. The summed E-state index contributed by atoms with van der Waals surface area (Å²) in [5.41, 5.74) is 8.69. The molecule has 3 heteroatoms. The van der Waals surface area contributed by atoms with E-state index in [9.17, 15) is 4.79 Å². The van der Waals surface area contributed by atoms with Gasteiger partial charge in [-0.2, -0.15) is 0 Å². The Hall–Kier alpha value is -1.35. The highest BCUT2D eigenvalue weighted by Gasteiger charge is 2.18. The third kappa shape index (κ3) is 5.03. The maximum absolute atomic E-state index is 11.9. The van der Waals surface area contributed by atoms with Crippen molar-refractivity contribution in [3.63, 3.8) is 0 Å². The summed E-state index contributed by atoms with van der Waals surface area (Å²) < 4.78 is 0. The first-order valence-corrected chi connectivity index (χ1v) is 6.69. The summed E-state index contributed by atoms with van der Waals surface area (Å²) in [5.74, 6) is -0.0425. The molecule has 3 N–H and O–H groups in total. The zero-order valence-electron chi connectivity index (χ0n) is 12.9. The second-order valence-electron chi connectivity index (χ2n) is 6.99. The van der Waals surface area contributed by atoms with Crippen LogP contribution in [0.1, 0.15) is 52.2 Å².